The Labute approximate surface area is 85.4 Å². The maximum absolute atomic E-state index is 11.0. The van der Waals surface area contributed by atoms with Gasteiger partial charge in [-0.05, 0) is 6.92 Å². The Morgan fingerprint density at radius 1 is 1.40 bits per heavy atom. The van der Waals surface area contributed by atoms with Gasteiger partial charge in [-0.15, -0.1) is 0 Å². The average Bonchev–Trinajstić information content (AvgIpc) is 2.49. The minimum atomic E-state index is -0.303. The Balaban J connectivity index is 2.00. The molecule has 7 nitrogen and oxygen atoms in total. The third-order valence-electron chi connectivity index (χ3n) is 1.94. The summed E-state index contributed by atoms with van der Waals surface area (Å²) in [5.74, 6) is 0.345. The lowest BCUT2D eigenvalue weighted by Crippen LogP contribution is -2.50. The van der Waals surface area contributed by atoms with E-state index < -0.39 is 0 Å². The number of nitrogens with zero attached hydrogens (tertiary/aromatic N) is 3. The molecule has 0 unspecified atom stereocenters. The zero-order valence-corrected chi connectivity index (χ0v) is 8.19. The van der Waals surface area contributed by atoms with E-state index in [1.165, 1.54) is 0 Å². The molecule has 0 aliphatic carbocycles. The van der Waals surface area contributed by atoms with Gasteiger partial charge in [0, 0.05) is 0 Å². The van der Waals surface area contributed by atoms with Gasteiger partial charge in [0.1, 0.15) is 0 Å². The van der Waals surface area contributed by atoms with E-state index >= 15 is 0 Å². The van der Waals surface area contributed by atoms with Crippen LogP contribution in [0.3, 0.4) is 0 Å². The van der Waals surface area contributed by atoms with Crippen molar-refractivity contribution in [1.29, 1.82) is 0 Å². The molecule has 0 saturated carbocycles. The second-order valence-corrected chi connectivity index (χ2v) is 3.35. The Bertz CT molecular complexity index is 384. The van der Waals surface area contributed by atoms with Gasteiger partial charge in [-0.3, -0.25) is 19.8 Å². The van der Waals surface area contributed by atoms with Crippen LogP contribution >= 0.6 is 0 Å². The number of hydrogen-bond acceptors (Lipinski definition) is 6. The van der Waals surface area contributed by atoms with Crippen molar-refractivity contribution in [2.24, 2.45) is 0 Å². The van der Waals surface area contributed by atoms with Crippen molar-refractivity contribution in [3.05, 3.63) is 11.7 Å². The van der Waals surface area contributed by atoms with Crippen molar-refractivity contribution in [2.45, 2.75) is 13.5 Å². The molecule has 1 saturated heterocycles. The van der Waals surface area contributed by atoms with Gasteiger partial charge in [0.25, 0.3) is 0 Å². The Morgan fingerprint density at radius 3 is 2.60 bits per heavy atom. The number of carbonyl (C=O) groups excluding carboxylic acids is 2. The number of aryl methyl sites for hydroxylation is 1. The highest BCUT2D eigenvalue weighted by molar-refractivity contribution is 5.99. The summed E-state index contributed by atoms with van der Waals surface area (Å²) in [4.78, 5) is 27.7. The fourth-order valence-electron chi connectivity index (χ4n) is 1.40. The topological polar surface area (TPSA) is 88.3 Å². The van der Waals surface area contributed by atoms with E-state index in [1.54, 1.807) is 11.8 Å². The molecule has 1 N–H and O–H groups in total. The van der Waals surface area contributed by atoms with Crippen molar-refractivity contribution in [3.63, 3.8) is 0 Å². The summed E-state index contributed by atoms with van der Waals surface area (Å²) < 4.78 is 4.89. The average molecular weight is 210 g/mol. The van der Waals surface area contributed by atoms with Gasteiger partial charge in [-0.2, -0.15) is 4.98 Å². The molecule has 1 aliphatic rings. The summed E-state index contributed by atoms with van der Waals surface area (Å²) in [5, 5.41) is 5.84. The van der Waals surface area contributed by atoms with Crippen LogP contribution in [0, 0.1) is 6.92 Å². The first-order valence-electron chi connectivity index (χ1n) is 4.48. The van der Waals surface area contributed by atoms with Crippen molar-refractivity contribution < 1.29 is 14.1 Å². The zero-order chi connectivity index (χ0) is 10.8. The third-order valence-corrected chi connectivity index (χ3v) is 1.94. The quantitative estimate of drug-likeness (QED) is 0.619. The van der Waals surface area contributed by atoms with Crippen LogP contribution in [0.5, 0.6) is 0 Å². The molecular weight excluding hydrogens is 200 g/mol. The van der Waals surface area contributed by atoms with Crippen molar-refractivity contribution in [1.82, 2.24) is 20.4 Å². The molecule has 1 aliphatic heterocycles. The maximum Gasteiger partial charge on any atom is 0.240 e. The highest BCUT2D eigenvalue weighted by Crippen LogP contribution is 2.03. The lowest BCUT2D eigenvalue weighted by atomic mass is 10.3. The molecular formula is C8H10N4O3. The predicted octanol–water partition coefficient (Wildman–Crippen LogP) is -1.16. The molecule has 7 heteroatoms. The molecule has 80 valence electrons. The molecule has 1 fully saturated rings. The van der Waals surface area contributed by atoms with Crippen LogP contribution < -0.4 is 5.32 Å². The summed E-state index contributed by atoms with van der Waals surface area (Å²) >= 11 is 0. The zero-order valence-electron chi connectivity index (χ0n) is 8.19. The van der Waals surface area contributed by atoms with Gasteiger partial charge in [0.15, 0.2) is 5.82 Å². The first-order chi connectivity index (χ1) is 7.13. The van der Waals surface area contributed by atoms with Gasteiger partial charge in [-0.25, -0.2) is 0 Å². The number of amides is 2. The highest BCUT2D eigenvalue weighted by atomic mass is 16.5. The SMILES string of the molecule is Cc1noc(CN2CC(=O)NC(=O)C2)n1. The van der Waals surface area contributed by atoms with E-state index in [0.717, 1.165) is 0 Å². The summed E-state index contributed by atoms with van der Waals surface area (Å²) in [6, 6.07) is 0. The molecule has 0 bridgehead atoms. The number of carbonyl (C=O) groups is 2. The maximum atomic E-state index is 11.0. The van der Waals surface area contributed by atoms with Crippen LogP contribution in [-0.4, -0.2) is 39.9 Å². The first kappa shape index (κ1) is 9.78. The van der Waals surface area contributed by atoms with E-state index in [1.807, 2.05) is 0 Å². The van der Waals surface area contributed by atoms with Crippen LogP contribution in [0.1, 0.15) is 11.7 Å². The first-order valence-corrected chi connectivity index (χ1v) is 4.48. The third kappa shape index (κ3) is 2.38. The second kappa shape index (κ2) is 3.77. The van der Waals surface area contributed by atoms with E-state index in [0.29, 0.717) is 18.3 Å². The molecule has 15 heavy (non-hydrogen) atoms. The normalized spacial score (nSPS) is 17.9. The summed E-state index contributed by atoms with van der Waals surface area (Å²) in [6.45, 7) is 2.38. The minimum Gasteiger partial charge on any atom is -0.338 e. The Kier molecular flexibility index (Phi) is 2.46. The number of aromatic nitrogens is 2. The lowest BCUT2D eigenvalue weighted by Gasteiger charge is -2.23. The molecule has 1 aromatic heterocycles. The number of rotatable bonds is 2. The highest BCUT2D eigenvalue weighted by Gasteiger charge is 2.23. The van der Waals surface area contributed by atoms with Gasteiger partial charge in [-0.1, -0.05) is 5.16 Å². The fourth-order valence-corrected chi connectivity index (χ4v) is 1.40. The molecule has 0 radical (unpaired) electrons. The van der Waals surface area contributed by atoms with Gasteiger partial charge in [0.2, 0.25) is 17.7 Å². The molecule has 2 amide bonds. The molecule has 0 spiro atoms. The van der Waals surface area contributed by atoms with Crippen molar-refractivity contribution in [3.8, 4) is 0 Å². The van der Waals surface area contributed by atoms with Crippen LogP contribution in [0.25, 0.3) is 0 Å². The number of imide groups is 1. The Morgan fingerprint density at radius 2 is 2.07 bits per heavy atom. The number of nitrogens with one attached hydrogen (secondary N) is 1. The molecule has 1 aromatic rings. The summed E-state index contributed by atoms with van der Waals surface area (Å²) in [5.41, 5.74) is 0. The fraction of sp³-hybridized carbons (Fsp3) is 0.500. The standard InChI is InChI=1S/C8H10N4O3/c1-5-9-8(15-11-5)4-12-2-6(13)10-7(14)3-12/h2-4H2,1H3,(H,10,13,14). The minimum absolute atomic E-state index is 0.174. The van der Waals surface area contributed by atoms with E-state index in [-0.39, 0.29) is 24.9 Å². The van der Waals surface area contributed by atoms with E-state index in [9.17, 15) is 9.59 Å². The van der Waals surface area contributed by atoms with Crippen LogP contribution in [-0.2, 0) is 16.1 Å². The number of piperazine rings is 1. The van der Waals surface area contributed by atoms with Gasteiger partial charge in [0.05, 0.1) is 19.6 Å². The molecule has 0 aromatic carbocycles. The van der Waals surface area contributed by atoms with E-state index in [2.05, 4.69) is 15.5 Å². The lowest BCUT2D eigenvalue weighted by molar-refractivity contribution is -0.136. The smallest absolute Gasteiger partial charge is 0.240 e. The molecule has 0 atom stereocenters. The van der Waals surface area contributed by atoms with Crippen molar-refractivity contribution in [2.75, 3.05) is 13.1 Å². The summed E-state index contributed by atoms with van der Waals surface area (Å²) in [7, 11) is 0. The predicted molar refractivity (Wildman–Crippen MR) is 47.5 cm³/mol. The molecule has 2 heterocycles. The van der Waals surface area contributed by atoms with E-state index in [4.69, 9.17) is 4.52 Å². The second-order valence-electron chi connectivity index (χ2n) is 3.35. The van der Waals surface area contributed by atoms with Crippen LogP contribution in [0.4, 0.5) is 0 Å². The van der Waals surface area contributed by atoms with Crippen molar-refractivity contribution >= 4 is 11.8 Å². The molecule has 2 rings (SSSR count). The van der Waals surface area contributed by atoms with Gasteiger partial charge >= 0.3 is 0 Å². The monoisotopic (exact) mass is 210 g/mol. The largest absolute Gasteiger partial charge is 0.338 e. The number of hydrogen-bond donors (Lipinski definition) is 1. The van der Waals surface area contributed by atoms with Gasteiger partial charge < -0.3 is 4.52 Å². The summed E-state index contributed by atoms with van der Waals surface area (Å²) in [6.07, 6.45) is 0. The van der Waals surface area contributed by atoms with Crippen LogP contribution in [0.15, 0.2) is 4.52 Å². The van der Waals surface area contributed by atoms with Crippen LogP contribution in [0.2, 0.25) is 0 Å². The Hall–Kier alpha value is -1.76.